The first-order chi connectivity index (χ1) is 10.5. The molecule has 2 bridgehead atoms. The molecule has 0 N–H and O–H groups in total. The molecule has 22 heavy (non-hydrogen) atoms. The second kappa shape index (κ2) is 4.36. The third-order valence-corrected chi connectivity index (χ3v) is 4.92. The average molecular weight is 302 g/mol. The van der Waals surface area contributed by atoms with Gasteiger partial charge in [0.2, 0.25) is 11.8 Å². The van der Waals surface area contributed by atoms with Gasteiger partial charge >= 0.3 is 0 Å². The quantitative estimate of drug-likeness (QED) is 0.470. The third kappa shape index (κ3) is 1.60. The Morgan fingerprint density at radius 3 is 2.27 bits per heavy atom. The van der Waals surface area contributed by atoms with Crippen molar-refractivity contribution in [3.8, 4) is 0 Å². The van der Waals surface area contributed by atoms with Crippen LogP contribution in [0.4, 0.5) is 11.4 Å². The van der Waals surface area contributed by atoms with Gasteiger partial charge in [-0.25, -0.2) is 4.90 Å². The number of hydrogen-bond acceptors (Lipinski definition) is 5. The molecule has 3 fully saturated rings. The van der Waals surface area contributed by atoms with Gasteiger partial charge in [0.1, 0.15) is 0 Å². The maximum atomic E-state index is 12.6. The van der Waals surface area contributed by atoms with Crippen molar-refractivity contribution >= 4 is 23.2 Å². The van der Waals surface area contributed by atoms with Crippen LogP contribution in [0.5, 0.6) is 0 Å². The topological polar surface area (TPSA) is 89.8 Å². The molecule has 7 nitrogen and oxygen atoms in total. The molecule has 0 aromatic heterocycles. The number of aryl methyl sites for hydroxylation is 1. The highest BCUT2D eigenvalue weighted by Crippen LogP contribution is 2.49. The lowest BCUT2D eigenvalue weighted by atomic mass is 9.81. The number of nitrogens with zero attached hydrogens (tertiary/aromatic N) is 2. The van der Waals surface area contributed by atoms with Crippen molar-refractivity contribution in [2.45, 2.75) is 32.0 Å². The second-order valence-electron chi connectivity index (χ2n) is 6.08. The number of fused-ring (bicyclic) bond motifs is 5. The summed E-state index contributed by atoms with van der Waals surface area (Å²) < 4.78 is 5.68. The fourth-order valence-corrected chi connectivity index (χ4v) is 3.95. The molecule has 3 aliphatic rings. The van der Waals surface area contributed by atoms with E-state index in [-0.39, 0.29) is 41.5 Å². The molecule has 4 rings (SSSR count). The monoisotopic (exact) mass is 302 g/mol. The van der Waals surface area contributed by atoms with Crippen LogP contribution >= 0.6 is 0 Å². The average Bonchev–Trinajstić information content (AvgIpc) is 3.12. The Hall–Kier alpha value is -2.28. The maximum Gasteiger partial charge on any atom is 0.272 e. The number of benzene rings is 1. The van der Waals surface area contributed by atoms with Crippen molar-refractivity contribution in [1.82, 2.24) is 0 Å². The number of hydrogen-bond donors (Lipinski definition) is 0. The van der Waals surface area contributed by atoms with E-state index in [1.54, 1.807) is 6.92 Å². The molecule has 2 amide bonds. The highest BCUT2D eigenvalue weighted by Gasteiger charge is 2.62. The summed E-state index contributed by atoms with van der Waals surface area (Å²) >= 11 is 0. The molecule has 0 aliphatic carbocycles. The normalized spacial score (nSPS) is 32.7. The minimum atomic E-state index is -0.477. The molecule has 1 aromatic rings. The van der Waals surface area contributed by atoms with Crippen LogP contribution in [0.1, 0.15) is 18.4 Å². The summed E-state index contributed by atoms with van der Waals surface area (Å²) in [7, 11) is 0. The van der Waals surface area contributed by atoms with E-state index < -0.39 is 4.92 Å². The summed E-state index contributed by atoms with van der Waals surface area (Å²) in [6.07, 6.45) is 1.32. The zero-order valence-corrected chi connectivity index (χ0v) is 11.9. The number of imide groups is 1. The highest BCUT2D eigenvalue weighted by atomic mass is 16.6. The van der Waals surface area contributed by atoms with Gasteiger partial charge < -0.3 is 4.74 Å². The van der Waals surface area contributed by atoms with Crippen LogP contribution in [0, 0.1) is 28.9 Å². The molecular formula is C15H14N2O5. The predicted molar refractivity (Wildman–Crippen MR) is 75.2 cm³/mol. The van der Waals surface area contributed by atoms with E-state index in [1.807, 2.05) is 0 Å². The molecule has 114 valence electrons. The summed E-state index contributed by atoms with van der Waals surface area (Å²) in [5, 5.41) is 10.9. The van der Waals surface area contributed by atoms with Crippen molar-refractivity contribution in [2.24, 2.45) is 11.8 Å². The second-order valence-corrected chi connectivity index (χ2v) is 6.08. The molecule has 0 spiro atoms. The van der Waals surface area contributed by atoms with Gasteiger partial charge in [-0.2, -0.15) is 0 Å². The number of ether oxygens (including phenoxy) is 1. The molecule has 3 aliphatic heterocycles. The Labute approximate surface area is 126 Å². The van der Waals surface area contributed by atoms with Crippen LogP contribution in [-0.4, -0.2) is 28.9 Å². The Kier molecular flexibility index (Phi) is 2.65. The van der Waals surface area contributed by atoms with Crippen LogP contribution in [0.3, 0.4) is 0 Å². The first-order valence-electron chi connectivity index (χ1n) is 7.27. The standard InChI is InChI=1S/C15H14N2O5/c1-7-6-8(2-3-9(7)17(20)21)16-14(18)12-10-4-5-11(22-10)13(12)15(16)19/h2-3,6,10-13H,4-5H2,1H3/t10-,11-,12-,13+/m0/s1. The van der Waals surface area contributed by atoms with Crippen molar-refractivity contribution in [2.75, 3.05) is 4.90 Å². The van der Waals surface area contributed by atoms with E-state index in [1.165, 1.54) is 23.1 Å². The molecule has 1 aromatic carbocycles. The SMILES string of the molecule is Cc1cc(N2C(=O)[C@@H]3[C@H](C2=O)[C@@H]2CC[C@@H]3O2)ccc1[N+](=O)[O-]. The van der Waals surface area contributed by atoms with Gasteiger partial charge in [0.05, 0.1) is 34.7 Å². The van der Waals surface area contributed by atoms with Crippen LogP contribution in [0.15, 0.2) is 18.2 Å². The van der Waals surface area contributed by atoms with E-state index >= 15 is 0 Å². The van der Waals surface area contributed by atoms with E-state index in [0.717, 1.165) is 12.8 Å². The molecule has 3 heterocycles. The number of carbonyl (C=O) groups excluding carboxylic acids is 2. The lowest BCUT2D eigenvalue weighted by Crippen LogP contribution is -2.34. The van der Waals surface area contributed by atoms with Crippen LogP contribution in [-0.2, 0) is 14.3 Å². The predicted octanol–water partition coefficient (Wildman–Crippen LogP) is 1.57. The number of nitro groups is 1. The first kappa shape index (κ1) is 13.4. The lowest BCUT2D eigenvalue weighted by molar-refractivity contribution is -0.385. The smallest absolute Gasteiger partial charge is 0.272 e. The number of rotatable bonds is 2. The third-order valence-electron chi connectivity index (χ3n) is 4.92. The Bertz CT molecular complexity index is 688. The van der Waals surface area contributed by atoms with Gasteiger partial charge in [-0.3, -0.25) is 19.7 Å². The minimum absolute atomic E-state index is 0.0218. The zero-order chi connectivity index (χ0) is 15.6. The Morgan fingerprint density at radius 2 is 1.77 bits per heavy atom. The van der Waals surface area contributed by atoms with Crippen molar-refractivity contribution in [1.29, 1.82) is 0 Å². The van der Waals surface area contributed by atoms with Gasteiger partial charge in [-0.1, -0.05) is 0 Å². The van der Waals surface area contributed by atoms with Gasteiger partial charge in [0, 0.05) is 11.6 Å². The van der Waals surface area contributed by atoms with Gasteiger partial charge in [-0.05, 0) is 31.9 Å². The van der Waals surface area contributed by atoms with Crippen LogP contribution in [0.25, 0.3) is 0 Å². The van der Waals surface area contributed by atoms with Gasteiger partial charge in [0.15, 0.2) is 0 Å². The first-order valence-corrected chi connectivity index (χ1v) is 7.27. The molecule has 0 radical (unpaired) electrons. The van der Waals surface area contributed by atoms with E-state index in [4.69, 9.17) is 4.74 Å². The summed E-state index contributed by atoms with van der Waals surface area (Å²) in [5.74, 6) is -1.26. The fourth-order valence-electron chi connectivity index (χ4n) is 3.95. The van der Waals surface area contributed by atoms with Crippen molar-refractivity contribution < 1.29 is 19.2 Å². The maximum absolute atomic E-state index is 12.6. The van der Waals surface area contributed by atoms with Gasteiger partial charge in [0.25, 0.3) is 5.69 Å². The molecule has 0 saturated carbocycles. The zero-order valence-electron chi connectivity index (χ0n) is 11.9. The van der Waals surface area contributed by atoms with Gasteiger partial charge in [-0.15, -0.1) is 0 Å². The summed E-state index contributed by atoms with van der Waals surface area (Å²) in [6, 6.07) is 4.33. The Balaban J connectivity index is 1.72. The molecule has 3 saturated heterocycles. The molecule has 4 atom stereocenters. The van der Waals surface area contributed by atoms with E-state index in [2.05, 4.69) is 0 Å². The molecule has 7 heteroatoms. The number of amides is 2. The van der Waals surface area contributed by atoms with E-state index in [0.29, 0.717) is 11.3 Å². The van der Waals surface area contributed by atoms with Crippen molar-refractivity contribution in [3.63, 3.8) is 0 Å². The number of anilines is 1. The highest BCUT2D eigenvalue weighted by molar-refractivity contribution is 6.22. The largest absolute Gasteiger partial charge is 0.373 e. The fraction of sp³-hybridized carbons (Fsp3) is 0.467. The minimum Gasteiger partial charge on any atom is -0.373 e. The lowest BCUT2D eigenvalue weighted by Gasteiger charge is -2.17. The van der Waals surface area contributed by atoms with Crippen molar-refractivity contribution in [3.05, 3.63) is 33.9 Å². The Morgan fingerprint density at radius 1 is 1.18 bits per heavy atom. The van der Waals surface area contributed by atoms with E-state index in [9.17, 15) is 19.7 Å². The summed E-state index contributed by atoms with van der Waals surface area (Å²) in [5.41, 5.74) is 0.817. The molecular weight excluding hydrogens is 288 g/mol. The van der Waals surface area contributed by atoms with Crippen LogP contribution < -0.4 is 4.90 Å². The van der Waals surface area contributed by atoms with Crippen LogP contribution in [0.2, 0.25) is 0 Å². The number of nitro benzene ring substituents is 1. The summed E-state index contributed by atoms with van der Waals surface area (Å²) in [6.45, 7) is 1.60. The summed E-state index contributed by atoms with van der Waals surface area (Å²) in [4.78, 5) is 36.8. The number of carbonyl (C=O) groups is 2. The molecule has 0 unspecified atom stereocenters.